The third kappa shape index (κ3) is 3.30. The highest BCUT2D eigenvalue weighted by Crippen LogP contribution is 2.28. The zero-order valence-corrected chi connectivity index (χ0v) is 10.6. The first-order chi connectivity index (χ1) is 8.11. The van der Waals surface area contributed by atoms with Crippen molar-refractivity contribution in [1.82, 2.24) is 0 Å². The monoisotopic (exact) mass is 254 g/mol. The van der Waals surface area contributed by atoms with Crippen molar-refractivity contribution in [2.75, 3.05) is 18.1 Å². The average molecular weight is 254 g/mol. The van der Waals surface area contributed by atoms with Crippen molar-refractivity contribution in [2.45, 2.75) is 12.8 Å². The standard InChI is InChI=1S/C13H18O3S/c14-9-13(8-11-4-2-1-3-5-11)12-6-7-17(15,16)10-12/h1-5,12-14H,6-10H2. The van der Waals surface area contributed by atoms with Crippen LogP contribution in [0.4, 0.5) is 0 Å². The Balaban J connectivity index is 2.03. The summed E-state index contributed by atoms with van der Waals surface area (Å²) in [6.45, 7) is 0.0646. The lowest BCUT2D eigenvalue weighted by molar-refractivity contribution is 0.184. The number of sulfone groups is 1. The molecule has 1 aliphatic heterocycles. The van der Waals surface area contributed by atoms with Gasteiger partial charge in [0, 0.05) is 6.61 Å². The molecule has 0 aromatic heterocycles. The second-order valence-electron chi connectivity index (χ2n) is 4.80. The molecule has 17 heavy (non-hydrogen) atoms. The minimum atomic E-state index is -2.85. The van der Waals surface area contributed by atoms with Gasteiger partial charge in [0.2, 0.25) is 0 Å². The molecule has 0 aliphatic carbocycles. The van der Waals surface area contributed by atoms with Crippen LogP contribution < -0.4 is 0 Å². The topological polar surface area (TPSA) is 54.4 Å². The third-order valence-corrected chi connectivity index (χ3v) is 5.30. The average Bonchev–Trinajstić information content (AvgIpc) is 2.68. The molecule has 1 saturated heterocycles. The van der Waals surface area contributed by atoms with Gasteiger partial charge in [-0.25, -0.2) is 8.42 Å². The van der Waals surface area contributed by atoms with E-state index in [1.807, 2.05) is 30.3 Å². The van der Waals surface area contributed by atoms with Crippen molar-refractivity contribution in [1.29, 1.82) is 0 Å². The Hall–Kier alpha value is -0.870. The Bertz CT molecular complexity index is 453. The minimum absolute atomic E-state index is 0.0645. The first kappa shape index (κ1) is 12.6. The summed E-state index contributed by atoms with van der Waals surface area (Å²) >= 11 is 0. The van der Waals surface area contributed by atoms with Crippen LogP contribution in [0.5, 0.6) is 0 Å². The summed E-state index contributed by atoms with van der Waals surface area (Å²) in [5.74, 6) is 0.702. The number of hydrogen-bond donors (Lipinski definition) is 1. The van der Waals surface area contributed by atoms with Gasteiger partial charge in [0.15, 0.2) is 9.84 Å². The van der Waals surface area contributed by atoms with Gasteiger partial charge in [0.05, 0.1) is 11.5 Å². The van der Waals surface area contributed by atoms with Gasteiger partial charge in [-0.3, -0.25) is 0 Å². The molecule has 0 radical (unpaired) electrons. The molecule has 1 heterocycles. The fraction of sp³-hybridized carbons (Fsp3) is 0.538. The lowest BCUT2D eigenvalue weighted by atomic mass is 9.87. The second-order valence-corrected chi connectivity index (χ2v) is 7.02. The Morgan fingerprint density at radius 3 is 2.53 bits per heavy atom. The maximum absolute atomic E-state index is 11.4. The third-order valence-electron chi connectivity index (χ3n) is 3.51. The maximum atomic E-state index is 11.4. The van der Waals surface area contributed by atoms with Gasteiger partial charge in [-0.05, 0) is 30.2 Å². The van der Waals surface area contributed by atoms with Crippen LogP contribution in [0.1, 0.15) is 12.0 Å². The lowest BCUT2D eigenvalue weighted by Gasteiger charge is -2.20. The van der Waals surface area contributed by atoms with E-state index in [0.29, 0.717) is 6.42 Å². The van der Waals surface area contributed by atoms with Gasteiger partial charge < -0.3 is 5.11 Å². The maximum Gasteiger partial charge on any atom is 0.150 e. The normalized spacial score (nSPS) is 24.6. The Labute approximate surface area is 102 Å². The van der Waals surface area contributed by atoms with Crippen LogP contribution in [0.15, 0.2) is 30.3 Å². The highest BCUT2D eigenvalue weighted by Gasteiger charge is 2.33. The molecular formula is C13H18O3S. The Kier molecular flexibility index (Phi) is 3.84. The molecule has 2 unspecified atom stereocenters. The summed E-state index contributed by atoms with van der Waals surface area (Å²) in [4.78, 5) is 0. The van der Waals surface area contributed by atoms with Gasteiger partial charge in [-0.1, -0.05) is 30.3 Å². The molecule has 94 valence electrons. The summed E-state index contributed by atoms with van der Waals surface area (Å²) in [6.07, 6.45) is 1.46. The molecule has 0 spiro atoms. The molecule has 1 N–H and O–H groups in total. The van der Waals surface area contributed by atoms with Crippen molar-refractivity contribution in [3.05, 3.63) is 35.9 Å². The van der Waals surface area contributed by atoms with E-state index in [1.54, 1.807) is 0 Å². The first-order valence-corrected chi connectivity index (χ1v) is 7.78. The van der Waals surface area contributed by atoms with Crippen LogP contribution >= 0.6 is 0 Å². The number of hydrogen-bond acceptors (Lipinski definition) is 3. The van der Waals surface area contributed by atoms with Gasteiger partial charge in [-0.15, -0.1) is 0 Å². The Morgan fingerprint density at radius 1 is 1.29 bits per heavy atom. The summed E-state index contributed by atoms with van der Waals surface area (Å²) in [5.41, 5.74) is 1.16. The Morgan fingerprint density at radius 2 is 2.00 bits per heavy atom. The van der Waals surface area contributed by atoms with E-state index < -0.39 is 9.84 Å². The van der Waals surface area contributed by atoms with Crippen molar-refractivity contribution in [3.8, 4) is 0 Å². The number of aliphatic hydroxyl groups is 1. The largest absolute Gasteiger partial charge is 0.396 e. The van der Waals surface area contributed by atoms with Crippen LogP contribution in [0.2, 0.25) is 0 Å². The zero-order valence-electron chi connectivity index (χ0n) is 9.75. The van der Waals surface area contributed by atoms with Gasteiger partial charge in [-0.2, -0.15) is 0 Å². The molecule has 2 atom stereocenters. The molecule has 0 amide bonds. The van der Waals surface area contributed by atoms with Crippen LogP contribution in [-0.4, -0.2) is 31.6 Å². The fourth-order valence-electron chi connectivity index (χ4n) is 2.49. The SMILES string of the molecule is O=S1(=O)CCC(C(CO)Cc2ccccc2)C1. The first-order valence-electron chi connectivity index (χ1n) is 5.96. The highest BCUT2D eigenvalue weighted by molar-refractivity contribution is 7.91. The smallest absolute Gasteiger partial charge is 0.150 e. The predicted molar refractivity (Wildman–Crippen MR) is 67.5 cm³/mol. The van der Waals surface area contributed by atoms with Gasteiger partial charge >= 0.3 is 0 Å². The number of benzene rings is 1. The zero-order chi connectivity index (χ0) is 12.3. The predicted octanol–water partition coefficient (Wildman–Crippen LogP) is 1.27. The summed E-state index contributed by atoms with van der Waals surface area (Å²) in [6, 6.07) is 9.93. The summed E-state index contributed by atoms with van der Waals surface area (Å²) in [7, 11) is -2.85. The van der Waals surface area contributed by atoms with Crippen molar-refractivity contribution in [3.63, 3.8) is 0 Å². The molecule has 1 aromatic carbocycles. The van der Waals surface area contributed by atoms with E-state index in [2.05, 4.69) is 0 Å². The molecule has 1 aliphatic rings. The van der Waals surface area contributed by atoms with Crippen molar-refractivity contribution in [2.24, 2.45) is 11.8 Å². The molecule has 0 saturated carbocycles. The van der Waals surface area contributed by atoms with Crippen molar-refractivity contribution >= 4 is 9.84 Å². The van der Waals surface area contributed by atoms with Crippen molar-refractivity contribution < 1.29 is 13.5 Å². The fourth-order valence-corrected chi connectivity index (χ4v) is 4.41. The summed E-state index contributed by atoms with van der Waals surface area (Å²) in [5, 5.41) is 9.42. The van der Waals surface area contributed by atoms with E-state index in [4.69, 9.17) is 0 Å². The van der Waals surface area contributed by atoms with E-state index in [-0.39, 0.29) is 29.9 Å². The quantitative estimate of drug-likeness (QED) is 0.880. The van der Waals surface area contributed by atoms with E-state index >= 15 is 0 Å². The molecule has 4 heteroatoms. The van der Waals surface area contributed by atoms with Gasteiger partial charge in [0.1, 0.15) is 0 Å². The molecular weight excluding hydrogens is 236 g/mol. The van der Waals surface area contributed by atoms with E-state index in [1.165, 1.54) is 0 Å². The minimum Gasteiger partial charge on any atom is -0.396 e. The molecule has 1 aromatic rings. The molecule has 0 bridgehead atoms. The second kappa shape index (κ2) is 5.19. The summed E-state index contributed by atoms with van der Waals surface area (Å²) < 4.78 is 22.9. The van der Waals surface area contributed by atoms with E-state index in [0.717, 1.165) is 12.0 Å². The van der Waals surface area contributed by atoms with Crippen LogP contribution in [0, 0.1) is 11.8 Å². The van der Waals surface area contributed by atoms with Gasteiger partial charge in [0.25, 0.3) is 0 Å². The molecule has 2 rings (SSSR count). The lowest BCUT2D eigenvalue weighted by Crippen LogP contribution is -2.22. The van der Waals surface area contributed by atoms with Crippen LogP contribution in [0.3, 0.4) is 0 Å². The highest BCUT2D eigenvalue weighted by atomic mass is 32.2. The molecule has 3 nitrogen and oxygen atoms in total. The van der Waals surface area contributed by atoms with Crippen LogP contribution in [0.25, 0.3) is 0 Å². The van der Waals surface area contributed by atoms with E-state index in [9.17, 15) is 13.5 Å². The van der Waals surface area contributed by atoms with Crippen LogP contribution in [-0.2, 0) is 16.3 Å². The number of aliphatic hydroxyl groups excluding tert-OH is 1. The number of rotatable bonds is 4. The molecule has 1 fully saturated rings.